The zero-order chi connectivity index (χ0) is 18.4. The zero-order valence-corrected chi connectivity index (χ0v) is 16.3. The van der Waals surface area contributed by atoms with E-state index in [4.69, 9.17) is 14.2 Å². The minimum atomic E-state index is -0.446. The molecule has 0 aromatic rings. The van der Waals surface area contributed by atoms with Gasteiger partial charge in [0.05, 0.1) is 17.8 Å². The third-order valence-corrected chi connectivity index (χ3v) is 5.24. The van der Waals surface area contributed by atoms with E-state index in [1.807, 2.05) is 6.08 Å². The van der Waals surface area contributed by atoms with Gasteiger partial charge in [-0.1, -0.05) is 29.4 Å². The SMILES string of the molecule is COCO[C@]1(C)C[C@@H]2O[C@H]1CC/C(C)=C\CC/C(C)=C\C=C\2C(C)=O. The molecule has 4 nitrogen and oxygen atoms in total. The van der Waals surface area contributed by atoms with E-state index in [1.54, 1.807) is 14.0 Å². The lowest BCUT2D eigenvalue weighted by Gasteiger charge is -2.29. The van der Waals surface area contributed by atoms with Crippen LogP contribution in [0.25, 0.3) is 0 Å². The molecule has 0 saturated carbocycles. The summed E-state index contributed by atoms with van der Waals surface area (Å²) in [4.78, 5) is 12.2. The summed E-state index contributed by atoms with van der Waals surface area (Å²) < 4.78 is 17.4. The molecule has 2 aliphatic rings. The molecule has 0 amide bonds. The smallest absolute Gasteiger partial charge is 0.158 e. The van der Waals surface area contributed by atoms with Crippen molar-refractivity contribution in [3.05, 3.63) is 34.9 Å². The zero-order valence-electron chi connectivity index (χ0n) is 16.3. The number of allylic oxidation sites excluding steroid dienone is 5. The average Bonchev–Trinajstić information content (AvgIpc) is 2.87. The molecule has 0 aromatic heterocycles. The molecule has 3 atom stereocenters. The summed E-state index contributed by atoms with van der Waals surface area (Å²) in [7, 11) is 1.62. The third-order valence-electron chi connectivity index (χ3n) is 5.24. The van der Waals surface area contributed by atoms with Crippen molar-refractivity contribution in [2.45, 2.75) is 77.6 Å². The molecular weight excluding hydrogens is 316 g/mol. The number of fused-ring (bicyclic) bond motifs is 2. The van der Waals surface area contributed by atoms with E-state index >= 15 is 0 Å². The summed E-state index contributed by atoms with van der Waals surface area (Å²) in [6.45, 7) is 8.21. The van der Waals surface area contributed by atoms with Crippen molar-refractivity contribution in [2.24, 2.45) is 0 Å². The Morgan fingerprint density at radius 3 is 2.72 bits per heavy atom. The molecule has 0 unspecified atom stereocenters. The van der Waals surface area contributed by atoms with E-state index in [0.717, 1.165) is 31.3 Å². The molecule has 2 aliphatic heterocycles. The molecule has 2 bridgehead atoms. The lowest BCUT2D eigenvalue weighted by Crippen LogP contribution is -2.38. The van der Waals surface area contributed by atoms with E-state index in [-0.39, 0.29) is 24.8 Å². The standard InChI is InChI=1S/C21H32O4/c1-15-7-6-8-16(2)10-12-20-21(4,24-14-23-5)13-19(25-20)18(11-9-15)17(3)22/h8-9,11,19-20H,6-7,10,12-14H2,1-5H3/b15-9-,16-8-,18-11+/t19-,20-,21+/m0/s1. The summed E-state index contributed by atoms with van der Waals surface area (Å²) in [6.07, 6.45) is 10.6. The van der Waals surface area contributed by atoms with Gasteiger partial charge in [-0.25, -0.2) is 0 Å². The van der Waals surface area contributed by atoms with Crippen LogP contribution in [0.5, 0.6) is 0 Å². The fourth-order valence-corrected chi connectivity index (χ4v) is 3.57. The molecule has 0 radical (unpaired) electrons. The summed E-state index contributed by atoms with van der Waals surface area (Å²) in [5, 5.41) is 0. The Balaban J connectivity index is 2.34. The summed E-state index contributed by atoms with van der Waals surface area (Å²) in [6, 6.07) is 0. The molecule has 0 aromatic carbocycles. The van der Waals surface area contributed by atoms with Crippen LogP contribution < -0.4 is 0 Å². The maximum atomic E-state index is 12.2. The van der Waals surface area contributed by atoms with E-state index in [1.165, 1.54) is 11.1 Å². The maximum Gasteiger partial charge on any atom is 0.158 e. The van der Waals surface area contributed by atoms with E-state index in [9.17, 15) is 4.79 Å². The molecule has 4 heteroatoms. The Morgan fingerprint density at radius 1 is 1.28 bits per heavy atom. The molecule has 0 aliphatic carbocycles. The van der Waals surface area contributed by atoms with Crippen molar-refractivity contribution >= 4 is 5.78 Å². The van der Waals surface area contributed by atoms with E-state index < -0.39 is 5.60 Å². The maximum absolute atomic E-state index is 12.2. The second-order valence-corrected chi connectivity index (χ2v) is 7.50. The van der Waals surface area contributed by atoms with Crippen LogP contribution in [0.4, 0.5) is 0 Å². The Labute approximate surface area is 151 Å². The van der Waals surface area contributed by atoms with Crippen molar-refractivity contribution in [2.75, 3.05) is 13.9 Å². The summed E-state index contributed by atoms with van der Waals surface area (Å²) in [5.74, 6) is 0.0629. The van der Waals surface area contributed by atoms with Crippen molar-refractivity contribution in [1.82, 2.24) is 0 Å². The Kier molecular flexibility index (Phi) is 7.17. The Bertz CT molecular complexity index is 572. The van der Waals surface area contributed by atoms with Gasteiger partial charge in [0.15, 0.2) is 5.78 Å². The topological polar surface area (TPSA) is 44.8 Å². The van der Waals surface area contributed by atoms with Crippen molar-refractivity contribution in [3.63, 3.8) is 0 Å². The number of Topliss-reactive ketones (excluding diaryl/α,β-unsaturated/α-hetero) is 1. The monoisotopic (exact) mass is 348 g/mol. The fourth-order valence-electron chi connectivity index (χ4n) is 3.57. The summed E-state index contributed by atoms with van der Waals surface area (Å²) >= 11 is 0. The minimum Gasteiger partial charge on any atom is -0.367 e. The number of rotatable bonds is 4. The number of hydrogen-bond donors (Lipinski definition) is 0. The second kappa shape index (κ2) is 8.93. The van der Waals surface area contributed by atoms with Gasteiger partial charge in [-0.15, -0.1) is 0 Å². The first-order valence-corrected chi connectivity index (χ1v) is 9.18. The van der Waals surface area contributed by atoms with Crippen molar-refractivity contribution in [1.29, 1.82) is 0 Å². The number of carbonyl (C=O) groups is 1. The van der Waals surface area contributed by atoms with Crippen LogP contribution in [0.2, 0.25) is 0 Å². The van der Waals surface area contributed by atoms with Gasteiger partial charge in [-0.2, -0.15) is 0 Å². The first-order chi connectivity index (χ1) is 11.9. The van der Waals surface area contributed by atoms with Crippen molar-refractivity contribution in [3.8, 4) is 0 Å². The van der Waals surface area contributed by atoms with Crippen LogP contribution in [-0.4, -0.2) is 37.5 Å². The largest absolute Gasteiger partial charge is 0.367 e. The lowest BCUT2D eigenvalue weighted by atomic mass is 9.89. The molecule has 2 heterocycles. The van der Waals surface area contributed by atoms with Gasteiger partial charge in [0.2, 0.25) is 0 Å². The lowest BCUT2D eigenvalue weighted by molar-refractivity contribution is -0.148. The van der Waals surface area contributed by atoms with E-state index in [0.29, 0.717) is 6.42 Å². The van der Waals surface area contributed by atoms with Gasteiger partial charge in [0, 0.05) is 19.1 Å². The van der Waals surface area contributed by atoms with Gasteiger partial charge >= 0.3 is 0 Å². The average molecular weight is 348 g/mol. The Morgan fingerprint density at radius 2 is 2.04 bits per heavy atom. The van der Waals surface area contributed by atoms with Crippen LogP contribution >= 0.6 is 0 Å². The molecule has 25 heavy (non-hydrogen) atoms. The number of methoxy groups -OCH3 is 1. The fraction of sp³-hybridized carbons (Fsp3) is 0.667. The molecule has 0 N–H and O–H groups in total. The predicted octanol–water partition coefficient (Wildman–Crippen LogP) is 4.51. The van der Waals surface area contributed by atoms with Crippen LogP contribution in [0, 0.1) is 0 Å². The molecule has 2 rings (SSSR count). The highest BCUT2D eigenvalue weighted by Gasteiger charge is 2.47. The highest BCUT2D eigenvalue weighted by molar-refractivity contribution is 5.94. The van der Waals surface area contributed by atoms with Gasteiger partial charge < -0.3 is 14.2 Å². The minimum absolute atomic E-state index is 0.0513. The first-order valence-electron chi connectivity index (χ1n) is 9.18. The van der Waals surface area contributed by atoms with Gasteiger partial charge in [0.25, 0.3) is 0 Å². The van der Waals surface area contributed by atoms with Crippen molar-refractivity contribution < 1.29 is 19.0 Å². The second-order valence-electron chi connectivity index (χ2n) is 7.50. The number of ether oxygens (including phenoxy) is 3. The van der Waals surface area contributed by atoms with Crippen LogP contribution in [-0.2, 0) is 19.0 Å². The molecule has 0 spiro atoms. The van der Waals surface area contributed by atoms with Gasteiger partial charge in [-0.05, 0) is 53.4 Å². The number of hydrogen-bond acceptors (Lipinski definition) is 4. The third kappa shape index (κ3) is 5.37. The highest BCUT2D eigenvalue weighted by Crippen LogP contribution is 2.39. The molecule has 1 fully saturated rings. The Hall–Kier alpha value is -1.23. The quantitative estimate of drug-likeness (QED) is 0.554. The number of ketones is 1. The van der Waals surface area contributed by atoms with Crippen LogP contribution in [0.1, 0.15) is 59.8 Å². The van der Waals surface area contributed by atoms with Gasteiger partial charge in [0.1, 0.15) is 6.79 Å². The molecule has 140 valence electrons. The molecule has 1 saturated heterocycles. The van der Waals surface area contributed by atoms with Crippen LogP contribution in [0.15, 0.2) is 34.9 Å². The van der Waals surface area contributed by atoms with E-state index in [2.05, 4.69) is 32.9 Å². The van der Waals surface area contributed by atoms with Gasteiger partial charge in [-0.3, -0.25) is 4.79 Å². The molecular formula is C21H32O4. The predicted molar refractivity (Wildman–Crippen MR) is 99.4 cm³/mol. The first kappa shape index (κ1) is 20.1. The highest BCUT2D eigenvalue weighted by atomic mass is 16.7. The summed E-state index contributed by atoms with van der Waals surface area (Å²) in [5.41, 5.74) is 2.94. The number of carbonyl (C=O) groups excluding carboxylic acids is 1. The normalized spacial score (nSPS) is 37.4. The van der Waals surface area contributed by atoms with Crippen LogP contribution in [0.3, 0.4) is 0 Å².